The first-order valence-corrected chi connectivity index (χ1v) is 7.85. The van der Waals surface area contributed by atoms with Crippen molar-refractivity contribution in [2.75, 3.05) is 18.4 Å². The molecule has 0 radical (unpaired) electrons. The van der Waals surface area contributed by atoms with Gasteiger partial charge in [-0.25, -0.2) is 0 Å². The fourth-order valence-electron chi connectivity index (χ4n) is 2.67. The number of hydrogen-bond donors (Lipinski definition) is 1. The van der Waals surface area contributed by atoms with E-state index in [2.05, 4.69) is 32.2 Å². The van der Waals surface area contributed by atoms with E-state index in [4.69, 9.17) is 0 Å². The molecule has 20 heavy (non-hydrogen) atoms. The zero-order chi connectivity index (χ0) is 14.5. The molecule has 3 heteroatoms. The van der Waals surface area contributed by atoms with Gasteiger partial charge >= 0.3 is 0 Å². The van der Waals surface area contributed by atoms with Crippen molar-refractivity contribution in [3.05, 3.63) is 29.3 Å². The highest BCUT2D eigenvalue weighted by molar-refractivity contribution is 5.95. The van der Waals surface area contributed by atoms with Crippen LogP contribution in [0.25, 0.3) is 0 Å². The van der Waals surface area contributed by atoms with Crippen molar-refractivity contribution in [2.24, 2.45) is 0 Å². The van der Waals surface area contributed by atoms with E-state index in [1.54, 1.807) is 0 Å². The molecule has 1 N–H and O–H groups in total. The quantitative estimate of drug-likeness (QED) is 0.858. The second-order valence-corrected chi connectivity index (χ2v) is 5.66. The van der Waals surface area contributed by atoms with E-state index >= 15 is 0 Å². The molecular weight excluding hydrogens is 248 g/mol. The smallest absolute Gasteiger partial charge is 0.254 e. The number of carbonyl (C=O) groups is 1. The summed E-state index contributed by atoms with van der Waals surface area (Å²) < 4.78 is 0. The SMILES string of the molecule is CCCCN(C(=O)c1ccc2c(c1)CCN2)[C@@H](C)CC. The number of nitrogens with one attached hydrogen (secondary N) is 1. The lowest BCUT2D eigenvalue weighted by atomic mass is 10.1. The van der Waals surface area contributed by atoms with Crippen molar-refractivity contribution in [3.8, 4) is 0 Å². The van der Waals surface area contributed by atoms with Crippen LogP contribution in [-0.2, 0) is 6.42 Å². The van der Waals surface area contributed by atoms with Gasteiger partial charge in [0, 0.05) is 30.4 Å². The van der Waals surface area contributed by atoms with Gasteiger partial charge in [-0.05, 0) is 49.9 Å². The molecule has 2 rings (SSSR count). The summed E-state index contributed by atoms with van der Waals surface area (Å²) in [4.78, 5) is 14.8. The Kier molecular flexibility index (Phi) is 5.05. The summed E-state index contributed by atoms with van der Waals surface area (Å²) in [6.07, 6.45) is 4.22. The molecule has 0 unspecified atom stereocenters. The van der Waals surface area contributed by atoms with Crippen molar-refractivity contribution in [3.63, 3.8) is 0 Å². The third kappa shape index (κ3) is 3.14. The van der Waals surface area contributed by atoms with Crippen LogP contribution in [0.2, 0.25) is 0 Å². The minimum atomic E-state index is 0.183. The molecule has 0 aliphatic carbocycles. The lowest BCUT2D eigenvalue weighted by molar-refractivity contribution is 0.0685. The van der Waals surface area contributed by atoms with Crippen LogP contribution in [0, 0.1) is 0 Å². The van der Waals surface area contributed by atoms with Crippen LogP contribution < -0.4 is 5.32 Å². The predicted molar refractivity (Wildman–Crippen MR) is 84.3 cm³/mol. The maximum atomic E-state index is 12.8. The fraction of sp³-hybridized carbons (Fsp3) is 0.588. The number of rotatable bonds is 6. The van der Waals surface area contributed by atoms with Gasteiger partial charge < -0.3 is 10.2 Å². The number of amides is 1. The Balaban J connectivity index is 2.18. The van der Waals surface area contributed by atoms with Crippen LogP contribution >= 0.6 is 0 Å². The van der Waals surface area contributed by atoms with E-state index in [9.17, 15) is 4.79 Å². The van der Waals surface area contributed by atoms with Gasteiger partial charge in [0.15, 0.2) is 0 Å². The average molecular weight is 274 g/mol. The molecule has 0 spiro atoms. The number of fused-ring (bicyclic) bond motifs is 1. The molecule has 3 nitrogen and oxygen atoms in total. The Morgan fingerprint density at radius 3 is 2.90 bits per heavy atom. The van der Waals surface area contributed by atoms with E-state index in [-0.39, 0.29) is 5.91 Å². The van der Waals surface area contributed by atoms with Gasteiger partial charge in [0.2, 0.25) is 0 Å². The Bertz CT molecular complexity index is 470. The second-order valence-electron chi connectivity index (χ2n) is 5.66. The summed E-state index contributed by atoms with van der Waals surface area (Å²) >= 11 is 0. The van der Waals surface area contributed by atoms with Gasteiger partial charge in [0.25, 0.3) is 5.91 Å². The highest BCUT2D eigenvalue weighted by Gasteiger charge is 2.21. The Hall–Kier alpha value is -1.51. The van der Waals surface area contributed by atoms with Crippen molar-refractivity contribution in [1.29, 1.82) is 0 Å². The van der Waals surface area contributed by atoms with Crippen LogP contribution in [0.4, 0.5) is 5.69 Å². The van der Waals surface area contributed by atoms with E-state index in [1.165, 1.54) is 11.3 Å². The summed E-state index contributed by atoms with van der Waals surface area (Å²) in [5.41, 5.74) is 3.30. The Morgan fingerprint density at radius 1 is 1.40 bits per heavy atom. The molecule has 1 aromatic rings. The number of benzene rings is 1. The molecule has 1 atom stereocenters. The monoisotopic (exact) mass is 274 g/mol. The van der Waals surface area contributed by atoms with Crippen molar-refractivity contribution in [1.82, 2.24) is 4.90 Å². The topological polar surface area (TPSA) is 32.3 Å². The van der Waals surface area contributed by atoms with Gasteiger partial charge in [-0.2, -0.15) is 0 Å². The summed E-state index contributed by atoms with van der Waals surface area (Å²) in [6.45, 7) is 8.30. The number of unbranched alkanes of at least 4 members (excludes halogenated alkanes) is 1. The number of anilines is 1. The molecule has 1 aliphatic heterocycles. The highest BCUT2D eigenvalue weighted by atomic mass is 16.2. The number of carbonyl (C=O) groups excluding carboxylic acids is 1. The van der Waals surface area contributed by atoms with Crippen molar-refractivity contribution < 1.29 is 4.79 Å². The lowest BCUT2D eigenvalue weighted by Crippen LogP contribution is -2.39. The van der Waals surface area contributed by atoms with E-state index in [0.717, 1.165) is 44.3 Å². The molecule has 0 fully saturated rings. The lowest BCUT2D eigenvalue weighted by Gasteiger charge is -2.29. The summed E-state index contributed by atoms with van der Waals surface area (Å²) in [6, 6.07) is 6.38. The van der Waals surface area contributed by atoms with E-state index in [1.807, 2.05) is 17.0 Å². The van der Waals surface area contributed by atoms with Crippen LogP contribution in [0.1, 0.15) is 56.0 Å². The zero-order valence-electron chi connectivity index (χ0n) is 12.9. The molecule has 0 aromatic heterocycles. The third-order valence-electron chi connectivity index (χ3n) is 4.20. The van der Waals surface area contributed by atoms with Crippen LogP contribution in [-0.4, -0.2) is 29.9 Å². The molecule has 1 amide bonds. The van der Waals surface area contributed by atoms with Crippen molar-refractivity contribution >= 4 is 11.6 Å². The van der Waals surface area contributed by atoms with E-state index in [0.29, 0.717) is 6.04 Å². The summed E-state index contributed by atoms with van der Waals surface area (Å²) in [5, 5.41) is 3.34. The Morgan fingerprint density at radius 2 is 2.20 bits per heavy atom. The molecular formula is C17H26N2O. The van der Waals surface area contributed by atoms with Gasteiger partial charge in [-0.3, -0.25) is 4.79 Å². The van der Waals surface area contributed by atoms with Gasteiger partial charge in [-0.1, -0.05) is 20.3 Å². The van der Waals surface area contributed by atoms with E-state index < -0.39 is 0 Å². The zero-order valence-corrected chi connectivity index (χ0v) is 12.9. The first kappa shape index (κ1) is 14.9. The van der Waals surface area contributed by atoms with Crippen LogP contribution in [0.5, 0.6) is 0 Å². The molecule has 1 aliphatic rings. The molecule has 0 saturated heterocycles. The molecule has 0 saturated carbocycles. The minimum Gasteiger partial charge on any atom is -0.384 e. The molecule has 0 bridgehead atoms. The second kappa shape index (κ2) is 6.78. The standard InChI is InChI=1S/C17H26N2O/c1-4-6-11-19(13(3)5-2)17(20)15-7-8-16-14(12-15)9-10-18-16/h7-8,12-13,18H,4-6,9-11H2,1-3H3/t13-/m0/s1. The van der Waals surface area contributed by atoms with Gasteiger partial charge in [0.05, 0.1) is 0 Å². The largest absolute Gasteiger partial charge is 0.384 e. The van der Waals surface area contributed by atoms with Gasteiger partial charge in [-0.15, -0.1) is 0 Å². The van der Waals surface area contributed by atoms with Crippen molar-refractivity contribution in [2.45, 2.75) is 52.5 Å². The average Bonchev–Trinajstić information content (AvgIpc) is 2.94. The Labute approximate surface area is 122 Å². The summed E-state index contributed by atoms with van der Waals surface area (Å²) in [5.74, 6) is 0.183. The molecule has 1 heterocycles. The number of hydrogen-bond acceptors (Lipinski definition) is 2. The molecule has 110 valence electrons. The maximum absolute atomic E-state index is 12.8. The summed E-state index contributed by atoms with van der Waals surface area (Å²) in [7, 11) is 0. The predicted octanol–water partition coefficient (Wildman–Crippen LogP) is 3.70. The third-order valence-corrected chi connectivity index (χ3v) is 4.20. The maximum Gasteiger partial charge on any atom is 0.254 e. The minimum absolute atomic E-state index is 0.183. The first-order valence-electron chi connectivity index (χ1n) is 7.85. The highest BCUT2D eigenvalue weighted by Crippen LogP contribution is 2.24. The normalized spacial score (nSPS) is 14.6. The van der Waals surface area contributed by atoms with Gasteiger partial charge in [0.1, 0.15) is 0 Å². The van der Waals surface area contributed by atoms with Crippen LogP contribution in [0.15, 0.2) is 18.2 Å². The molecule has 1 aromatic carbocycles. The fourth-order valence-corrected chi connectivity index (χ4v) is 2.67. The van der Waals surface area contributed by atoms with Crippen LogP contribution in [0.3, 0.4) is 0 Å². The first-order chi connectivity index (χ1) is 9.67. The number of nitrogens with zero attached hydrogens (tertiary/aromatic N) is 1.